The third kappa shape index (κ3) is 7.97. The number of rotatable bonds is 9. The van der Waals surface area contributed by atoms with Gasteiger partial charge in [0.1, 0.15) is 24.4 Å². The SMILES string of the molecule is OCC(CO)(CO)CO.OCC(O)C(O)C(O)C(O)CO. The van der Waals surface area contributed by atoms with Crippen LogP contribution in [0.3, 0.4) is 0 Å². The Labute approximate surface area is 121 Å². The van der Waals surface area contributed by atoms with Crippen LogP contribution in [0.1, 0.15) is 0 Å². The van der Waals surface area contributed by atoms with E-state index < -0.39 is 69.5 Å². The molecule has 10 nitrogen and oxygen atoms in total. The fourth-order valence-electron chi connectivity index (χ4n) is 0.971. The molecule has 0 aliphatic rings. The second kappa shape index (κ2) is 12.2. The molecule has 0 heterocycles. The highest BCUT2D eigenvalue weighted by atomic mass is 16.4. The van der Waals surface area contributed by atoms with Gasteiger partial charge in [0.25, 0.3) is 0 Å². The van der Waals surface area contributed by atoms with Gasteiger partial charge in [0, 0.05) is 0 Å². The summed E-state index contributed by atoms with van der Waals surface area (Å²) in [5, 5.41) is 86.2. The standard InChI is InChI=1S/C6H14O6.C5H12O4/c7-1-3(9)5(11)6(12)4(10)2-8;6-1-5(2-7,3-8)4-9/h3-12H,1-2H2;6-9H,1-4H2. The van der Waals surface area contributed by atoms with E-state index in [-0.39, 0.29) is 0 Å². The Balaban J connectivity index is 0. The van der Waals surface area contributed by atoms with E-state index in [1.165, 1.54) is 0 Å². The fraction of sp³-hybridized carbons (Fsp3) is 1.00. The molecule has 0 bridgehead atoms. The molecule has 4 atom stereocenters. The molecule has 0 radical (unpaired) electrons. The molecule has 10 heteroatoms. The topological polar surface area (TPSA) is 202 Å². The molecule has 0 aromatic heterocycles. The maximum Gasteiger partial charge on any atom is 0.111 e. The highest BCUT2D eigenvalue weighted by molar-refractivity contribution is 4.79. The van der Waals surface area contributed by atoms with E-state index in [2.05, 4.69) is 0 Å². The molecule has 0 fully saturated rings. The van der Waals surface area contributed by atoms with Crippen LogP contribution >= 0.6 is 0 Å². The maximum atomic E-state index is 8.96. The summed E-state index contributed by atoms with van der Waals surface area (Å²) >= 11 is 0. The third-order valence-corrected chi connectivity index (χ3v) is 2.85. The first-order valence-electron chi connectivity index (χ1n) is 6.16. The number of aliphatic hydroxyl groups excluding tert-OH is 10. The van der Waals surface area contributed by atoms with Crippen molar-refractivity contribution in [2.75, 3.05) is 39.6 Å². The fourth-order valence-corrected chi connectivity index (χ4v) is 0.971. The van der Waals surface area contributed by atoms with Gasteiger partial charge in [-0.25, -0.2) is 0 Å². The molecule has 10 N–H and O–H groups in total. The molecule has 4 unspecified atom stereocenters. The Hall–Kier alpha value is -0.400. The molecule has 0 saturated carbocycles. The van der Waals surface area contributed by atoms with Crippen molar-refractivity contribution in [3.63, 3.8) is 0 Å². The van der Waals surface area contributed by atoms with Crippen LogP contribution in [0.15, 0.2) is 0 Å². The Kier molecular flexibility index (Phi) is 13.3. The van der Waals surface area contributed by atoms with Crippen LogP contribution in [0.5, 0.6) is 0 Å². The lowest BCUT2D eigenvalue weighted by atomic mass is 9.93. The molecular formula is C11H26O10. The minimum absolute atomic E-state index is 0.406. The normalized spacial score (nSPS) is 17.4. The summed E-state index contributed by atoms with van der Waals surface area (Å²) < 4.78 is 0. The third-order valence-electron chi connectivity index (χ3n) is 2.85. The molecule has 130 valence electrons. The van der Waals surface area contributed by atoms with E-state index in [9.17, 15) is 0 Å². The molecule has 0 rings (SSSR count). The van der Waals surface area contributed by atoms with Gasteiger partial charge < -0.3 is 51.1 Å². The molecule has 0 aliphatic heterocycles. The van der Waals surface area contributed by atoms with Gasteiger partial charge in [-0.3, -0.25) is 0 Å². The van der Waals surface area contributed by atoms with Crippen molar-refractivity contribution in [3.05, 3.63) is 0 Å². The zero-order valence-electron chi connectivity index (χ0n) is 11.5. The van der Waals surface area contributed by atoms with E-state index >= 15 is 0 Å². The van der Waals surface area contributed by atoms with Crippen LogP contribution in [-0.2, 0) is 0 Å². The van der Waals surface area contributed by atoms with Crippen molar-refractivity contribution in [1.29, 1.82) is 0 Å². The highest BCUT2D eigenvalue weighted by Crippen LogP contribution is 2.11. The summed E-state index contributed by atoms with van der Waals surface area (Å²) in [5.41, 5.74) is -1.11. The smallest absolute Gasteiger partial charge is 0.111 e. The lowest BCUT2D eigenvalue weighted by Crippen LogP contribution is -2.46. The molecule has 0 saturated heterocycles. The van der Waals surface area contributed by atoms with E-state index in [1.807, 2.05) is 0 Å². The van der Waals surface area contributed by atoms with Crippen molar-refractivity contribution in [2.45, 2.75) is 24.4 Å². The van der Waals surface area contributed by atoms with Crippen LogP contribution in [0.25, 0.3) is 0 Å². The first-order valence-corrected chi connectivity index (χ1v) is 6.16. The number of aliphatic hydroxyl groups is 10. The summed E-state index contributed by atoms with van der Waals surface area (Å²) in [4.78, 5) is 0. The number of hydrogen-bond acceptors (Lipinski definition) is 10. The van der Waals surface area contributed by atoms with E-state index in [0.717, 1.165) is 0 Å². The van der Waals surface area contributed by atoms with Crippen LogP contribution < -0.4 is 0 Å². The predicted octanol–water partition coefficient (Wildman–Crippen LogP) is -5.64. The largest absolute Gasteiger partial charge is 0.396 e. The predicted molar refractivity (Wildman–Crippen MR) is 69.0 cm³/mol. The van der Waals surface area contributed by atoms with Gasteiger partial charge in [-0.05, 0) is 0 Å². The Morgan fingerprint density at radius 2 is 0.762 bits per heavy atom. The van der Waals surface area contributed by atoms with Crippen LogP contribution in [0, 0.1) is 5.41 Å². The van der Waals surface area contributed by atoms with Gasteiger partial charge >= 0.3 is 0 Å². The first-order chi connectivity index (χ1) is 9.78. The van der Waals surface area contributed by atoms with Gasteiger partial charge in [-0.15, -0.1) is 0 Å². The summed E-state index contributed by atoms with van der Waals surface area (Å²) in [7, 11) is 0. The average Bonchev–Trinajstić information content (AvgIpc) is 2.55. The summed E-state index contributed by atoms with van der Waals surface area (Å²) in [6.07, 6.45) is -6.39. The van der Waals surface area contributed by atoms with Gasteiger partial charge in [-0.1, -0.05) is 0 Å². The minimum Gasteiger partial charge on any atom is -0.396 e. The van der Waals surface area contributed by atoms with Gasteiger partial charge in [-0.2, -0.15) is 0 Å². The Morgan fingerprint density at radius 1 is 0.524 bits per heavy atom. The molecule has 21 heavy (non-hydrogen) atoms. The molecular weight excluding hydrogens is 292 g/mol. The second-order valence-electron chi connectivity index (χ2n) is 4.61. The Morgan fingerprint density at radius 3 is 0.857 bits per heavy atom. The second-order valence-corrected chi connectivity index (χ2v) is 4.61. The first kappa shape index (κ1) is 22.9. The van der Waals surface area contributed by atoms with E-state index in [4.69, 9.17) is 51.1 Å². The Bertz CT molecular complexity index is 204. The highest BCUT2D eigenvalue weighted by Gasteiger charge is 2.29. The molecule has 0 amide bonds. The van der Waals surface area contributed by atoms with E-state index in [1.54, 1.807) is 0 Å². The maximum absolute atomic E-state index is 8.96. The van der Waals surface area contributed by atoms with Crippen LogP contribution in [0.4, 0.5) is 0 Å². The lowest BCUT2D eigenvalue weighted by Gasteiger charge is -2.24. The summed E-state index contributed by atoms with van der Waals surface area (Å²) in [6, 6.07) is 0. The summed E-state index contributed by atoms with van der Waals surface area (Å²) in [6.45, 7) is -3.08. The lowest BCUT2D eigenvalue weighted by molar-refractivity contribution is -0.123. The van der Waals surface area contributed by atoms with Gasteiger partial charge in [0.15, 0.2) is 0 Å². The van der Waals surface area contributed by atoms with Crippen LogP contribution in [-0.4, -0.2) is 115 Å². The minimum atomic E-state index is -1.67. The van der Waals surface area contributed by atoms with Gasteiger partial charge in [0.05, 0.1) is 45.1 Å². The molecule has 0 aromatic carbocycles. The quantitative estimate of drug-likeness (QED) is 0.195. The average molecular weight is 318 g/mol. The zero-order valence-corrected chi connectivity index (χ0v) is 11.5. The number of hydrogen-bond donors (Lipinski definition) is 10. The molecule has 0 aliphatic carbocycles. The van der Waals surface area contributed by atoms with Crippen molar-refractivity contribution in [2.24, 2.45) is 5.41 Å². The van der Waals surface area contributed by atoms with Crippen molar-refractivity contribution >= 4 is 0 Å². The van der Waals surface area contributed by atoms with Gasteiger partial charge in [0.2, 0.25) is 0 Å². The monoisotopic (exact) mass is 318 g/mol. The van der Waals surface area contributed by atoms with Crippen LogP contribution in [0.2, 0.25) is 0 Å². The molecule has 0 aromatic rings. The summed E-state index contributed by atoms with van der Waals surface area (Å²) in [5.74, 6) is 0. The molecule has 0 spiro atoms. The van der Waals surface area contributed by atoms with Crippen molar-refractivity contribution < 1.29 is 51.1 Å². The van der Waals surface area contributed by atoms with E-state index in [0.29, 0.717) is 0 Å². The van der Waals surface area contributed by atoms with Crippen molar-refractivity contribution in [1.82, 2.24) is 0 Å². The van der Waals surface area contributed by atoms with Crippen molar-refractivity contribution in [3.8, 4) is 0 Å². The zero-order chi connectivity index (χ0) is 17.1.